The van der Waals surface area contributed by atoms with E-state index in [4.69, 9.17) is 4.74 Å². The lowest BCUT2D eigenvalue weighted by Gasteiger charge is -2.16. The third kappa shape index (κ3) is 4.57. The van der Waals surface area contributed by atoms with Gasteiger partial charge in [-0.05, 0) is 12.5 Å². The first kappa shape index (κ1) is 14.9. The third-order valence-electron chi connectivity index (χ3n) is 2.64. The highest BCUT2D eigenvalue weighted by Gasteiger charge is 2.12. The van der Waals surface area contributed by atoms with Gasteiger partial charge in [-0.2, -0.15) is 0 Å². The molecule has 0 aromatic carbocycles. The quantitative estimate of drug-likeness (QED) is 0.722. The van der Waals surface area contributed by atoms with Crippen LogP contribution in [0.4, 0.5) is 0 Å². The molecular weight excluding hydrogens is 248 g/mol. The Hall–Kier alpha value is -2.11. The van der Waals surface area contributed by atoms with Crippen LogP contribution in [0.5, 0.6) is 5.88 Å². The lowest BCUT2D eigenvalue weighted by Crippen LogP contribution is -2.28. The largest absolute Gasteiger partial charge is 0.481 e. The van der Waals surface area contributed by atoms with Gasteiger partial charge in [0.05, 0.1) is 19.8 Å². The summed E-state index contributed by atoms with van der Waals surface area (Å²) in [6.07, 6.45) is 2.34. The van der Waals surface area contributed by atoms with Crippen LogP contribution in [0.3, 0.4) is 0 Å². The Morgan fingerprint density at radius 2 is 2.05 bits per heavy atom. The summed E-state index contributed by atoms with van der Waals surface area (Å²) in [6.45, 7) is 0.486. The molecule has 0 fully saturated rings. The molecular formula is C13H18N2O4. The van der Waals surface area contributed by atoms with Crippen molar-refractivity contribution in [3.8, 4) is 5.88 Å². The van der Waals surface area contributed by atoms with Gasteiger partial charge >= 0.3 is 5.97 Å². The van der Waals surface area contributed by atoms with E-state index in [0.717, 1.165) is 0 Å². The lowest BCUT2D eigenvalue weighted by atomic mass is 10.2. The van der Waals surface area contributed by atoms with Gasteiger partial charge in [0.15, 0.2) is 0 Å². The van der Waals surface area contributed by atoms with E-state index in [-0.39, 0.29) is 11.9 Å². The third-order valence-corrected chi connectivity index (χ3v) is 2.64. The Labute approximate surface area is 112 Å². The fourth-order valence-electron chi connectivity index (χ4n) is 1.51. The number of methoxy groups -OCH3 is 2. The second-order valence-electron chi connectivity index (χ2n) is 4.00. The van der Waals surface area contributed by atoms with Crippen molar-refractivity contribution in [1.82, 2.24) is 9.88 Å². The summed E-state index contributed by atoms with van der Waals surface area (Å²) < 4.78 is 9.46. The van der Waals surface area contributed by atoms with Crippen molar-refractivity contribution < 1.29 is 19.1 Å². The van der Waals surface area contributed by atoms with Gasteiger partial charge in [0, 0.05) is 32.3 Å². The highest BCUT2D eigenvalue weighted by atomic mass is 16.5. The van der Waals surface area contributed by atoms with Crippen LogP contribution in [0.2, 0.25) is 0 Å². The summed E-state index contributed by atoms with van der Waals surface area (Å²) in [5, 5.41) is 0. The number of ether oxygens (including phenoxy) is 2. The molecule has 0 aliphatic rings. The van der Waals surface area contributed by atoms with Crippen LogP contribution < -0.4 is 4.74 Å². The SMILES string of the molecule is COC(=O)CCCN(C)C(=O)c1ccc(OC)nc1. The van der Waals surface area contributed by atoms with Crippen molar-refractivity contribution in [3.05, 3.63) is 23.9 Å². The van der Waals surface area contributed by atoms with Crippen LogP contribution in [-0.4, -0.2) is 49.6 Å². The number of nitrogens with zero attached hydrogens (tertiary/aromatic N) is 2. The standard InChI is InChI=1S/C13H18N2O4/c1-15(8-4-5-12(16)19-3)13(17)10-6-7-11(18-2)14-9-10/h6-7,9H,4-5,8H2,1-3H3. The molecule has 0 unspecified atom stereocenters. The molecule has 1 aromatic rings. The highest BCUT2D eigenvalue weighted by molar-refractivity contribution is 5.93. The second kappa shape index (κ2) is 7.35. The monoisotopic (exact) mass is 266 g/mol. The van der Waals surface area contributed by atoms with Crippen molar-refractivity contribution >= 4 is 11.9 Å². The average molecular weight is 266 g/mol. The first-order chi connectivity index (χ1) is 9.08. The summed E-state index contributed by atoms with van der Waals surface area (Å²) in [5.74, 6) is 0.0527. The number of rotatable bonds is 6. The smallest absolute Gasteiger partial charge is 0.305 e. The van der Waals surface area contributed by atoms with E-state index >= 15 is 0 Å². The van der Waals surface area contributed by atoms with Gasteiger partial charge in [0.25, 0.3) is 5.91 Å². The molecule has 104 valence electrons. The topological polar surface area (TPSA) is 68.7 Å². The van der Waals surface area contributed by atoms with Gasteiger partial charge in [-0.15, -0.1) is 0 Å². The molecule has 0 N–H and O–H groups in total. The van der Waals surface area contributed by atoms with E-state index < -0.39 is 0 Å². The van der Waals surface area contributed by atoms with Crippen LogP contribution >= 0.6 is 0 Å². The van der Waals surface area contributed by atoms with E-state index in [1.807, 2.05) is 0 Å². The molecule has 1 rings (SSSR count). The Kier molecular flexibility index (Phi) is 5.78. The number of carbonyl (C=O) groups is 2. The molecule has 19 heavy (non-hydrogen) atoms. The molecule has 0 aliphatic carbocycles. The zero-order valence-corrected chi connectivity index (χ0v) is 11.4. The number of amides is 1. The fraction of sp³-hybridized carbons (Fsp3) is 0.462. The van der Waals surface area contributed by atoms with Crippen LogP contribution in [0.1, 0.15) is 23.2 Å². The van der Waals surface area contributed by atoms with Gasteiger partial charge < -0.3 is 14.4 Å². The van der Waals surface area contributed by atoms with Gasteiger partial charge in [0.2, 0.25) is 5.88 Å². The molecule has 0 spiro atoms. The molecule has 0 aliphatic heterocycles. The van der Waals surface area contributed by atoms with Gasteiger partial charge in [-0.1, -0.05) is 0 Å². The summed E-state index contributed by atoms with van der Waals surface area (Å²) in [6, 6.07) is 3.29. The number of hydrogen-bond donors (Lipinski definition) is 0. The Bertz CT molecular complexity index is 431. The second-order valence-corrected chi connectivity index (χ2v) is 4.00. The maximum atomic E-state index is 12.0. The number of aromatic nitrogens is 1. The molecule has 6 heteroatoms. The zero-order valence-electron chi connectivity index (χ0n) is 11.4. The first-order valence-corrected chi connectivity index (χ1v) is 5.90. The minimum Gasteiger partial charge on any atom is -0.481 e. The predicted molar refractivity (Wildman–Crippen MR) is 69.0 cm³/mol. The average Bonchev–Trinajstić information content (AvgIpc) is 2.46. The summed E-state index contributed by atoms with van der Waals surface area (Å²) in [7, 11) is 4.55. The maximum Gasteiger partial charge on any atom is 0.305 e. The molecule has 0 saturated carbocycles. The number of pyridine rings is 1. The molecule has 0 bridgehead atoms. The van der Waals surface area contributed by atoms with Crippen molar-refractivity contribution in [3.63, 3.8) is 0 Å². The van der Waals surface area contributed by atoms with E-state index in [0.29, 0.717) is 30.8 Å². The van der Waals surface area contributed by atoms with Crippen molar-refractivity contribution in [2.24, 2.45) is 0 Å². The van der Waals surface area contributed by atoms with Gasteiger partial charge in [-0.3, -0.25) is 9.59 Å². The van der Waals surface area contributed by atoms with Gasteiger partial charge in [0.1, 0.15) is 0 Å². The van der Waals surface area contributed by atoms with Crippen LogP contribution in [0, 0.1) is 0 Å². The highest BCUT2D eigenvalue weighted by Crippen LogP contribution is 2.09. The lowest BCUT2D eigenvalue weighted by molar-refractivity contribution is -0.140. The predicted octanol–water partition coefficient (Wildman–Crippen LogP) is 1.12. The van der Waals surface area contributed by atoms with Crippen molar-refractivity contribution in [2.75, 3.05) is 27.8 Å². The first-order valence-electron chi connectivity index (χ1n) is 5.90. The number of esters is 1. The molecule has 1 aromatic heterocycles. The van der Waals surface area contributed by atoms with E-state index in [1.54, 1.807) is 24.1 Å². The molecule has 1 heterocycles. The maximum absolute atomic E-state index is 12.0. The van der Waals surface area contributed by atoms with Crippen LogP contribution in [0.25, 0.3) is 0 Å². The van der Waals surface area contributed by atoms with E-state index in [2.05, 4.69) is 9.72 Å². The zero-order chi connectivity index (χ0) is 14.3. The Balaban J connectivity index is 2.49. The normalized spacial score (nSPS) is 9.84. The fourth-order valence-corrected chi connectivity index (χ4v) is 1.51. The minimum absolute atomic E-state index is 0.139. The van der Waals surface area contributed by atoms with Gasteiger partial charge in [-0.25, -0.2) is 4.98 Å². The number of hydrogen-bond acceptors (Lipinski definition) is 5. The summed E-state index contributed by atoms with van der Waals surface area (Å²) >= 11 is 0. The molecule has 0 saturated heterocycles. The van der Waals surface area contributed by atoms with E-state index in [1.165, 1.54) is 20.4 Å². The number of carbonyl (C=O) groups excluding carboxylic acids is 2. The van der Waals surface area contributed by atoms with Crippen LogP contribution in [0.15, 0.2) is 18.3 Å². The molecule has 1 amide bonds. The van der Waals surface area contributed by atoms with E-state index in [9.17, 15) is 9.59 Å². The molecule has 0 radical (unpaired) electrons. The van der Waals surface area contributed by atoms with Crippen molar-refractivity contribution in [1.29, 1.82) is 0 Å². The van der Waals surface area contributed by atoms with Crippen LogP contribution in [-0.2, 0) is 9.53 Å². The summed E-state index contributed by atoms with van der Waals surface area (Å²) in [5.41, 5.74) is 0.487. The summed E-state index contributed by atoms with van der Waals surface area (Å²) in [4.78, 5) is 28.5. The molecule has 0 atom stereocenters. The minimum atomic E-state index is -0.271. The Morgan fingerprint density at radius 3 is 2.58 bits per heavy atom. The Morgan fingerprint density at radius 1 is 1.32 bits per heavy atom. The molecule has 6 nitrogen and oxygen atoms in total. The van der Waals surface area contributed by atoms with Crippen molar-refractivity contribution in [2.45, 2.75) is 12.8 Å².